The van der Waals surface area contributed by atoms with E-state index in [1.54, 1.807) is 42.0 Å². The molecule has 0 fully saturated rings. The maximum absolute atomic E-state index is 13.2. The Labute approximate surface area is 198 Å². The molecule has 0 aliphatic rings. The Kier molecular flexibility index (Phi) is 7.14. The van der Waals surface area contributed by atoms with Crippen LogP contribution in [0, 0.1) is 6.92 Å². The number of ether oxygens (including phenoxy) is 2. The van der Waals surface area contributed by atoms with E-state index in [9.17, 15) is 8.78 Å². The third kappa shape index (κ3) is 5.28. The number of alkyl halides is 2. The number of aromatic nitrogens is 5. The average Bonchev–Trinajstić information content (AvgIpc) is 3.45. The first kappa shape index (κ1) is 23.1. The monoisotopic (exact) mass is 491 g/mol. The van der Waals surface area contributed by atoms with Gasteiger partial charge in [-0.2, -0.15) is 8.78 Å². The molecule has 0 N–H and O–H groups in total. The molecular formula is C22H20ClF2N5O2S. The quantitative estimate of drug-likeness (QED) is 0.280. The van der Waals surface area contributed by atoms with Crippen molar-refractivity contribution in [2.45, 2.75) is 31.0 Å². The summed E-state index contributed by atoms with van der Waals surface area (Å²) in [6.07, 6.45) is 2.60. The van der Waals surface area contributed by atoms with Gasteiger partial charge in [-0.15, -0.1) is 10.2 Å². The maximum Gasteiger partial charge on any atom is 0.319 e. The van der Waals surface area contributed by atoms with E-state index in [2.05, 4.69) is 15.2 Å². The summed E-state index contributed by atoms with van der Waals surface area (Å²) in [5, 5.41) is 9.64. The van der Waals surface area contributed by atoms with Crippen LogP contribution in [0.5, 0.6) is 11.5 Å². The summed E-state index contributed by atoms with van der Waals surface area (Å²) in [6.45, 7) is -0.617. The van der Waals surface area contributed by atoms with Crippen LogP contribution < -0.4 is 9.47 Å². The predicted molar refractivity (Wildman–Crippen MR) is 121 cm³/mol. The van der Waals surface area contributed by atoms with Gasteiger partial charge in [-0.05, 0) is 48.9 Å². The first-order chi connectivity index (χ1) is 16.0. The summed E-state index contributed by atoms with van der Waals surface area (Å²) in [7, 11) is 1.60. The van der Waals surface area contributed by atoms with Gasteiger partial charge in [0.25, 0.3) is 0 Å². The highest BCUT2D eigenvalue weighted by Gasteiger charge is 2.18. The predicted octanol–water partition coefficient (Wildman–Crippen LogP) is 5.70. The number of rotatable bonds is 9. The summed E-state index contributed by atoms with van der Waals surface area (Å²) in [6, 6.07) is 12.8. The Bertz CT molecular complexity index is 1230. The van der Waals surface area contributed by atoms with Crippen LogP contribution in [0.4, 0.5) is 8.78 Å². The van der Waals surface area contributed by atoms with E-state index >= 15 is 0 Å². The highest BCUT2D eigenvalue weighted by Crippen LogP contribution is 2.29. The Morgan fingerprint density at radius 2 is 1.82 bits per heavy atom. The van der Waals surface area contributed by atoms with Crippen LogP contribution in [0.15, 0.2) is 60.0 Å². The molecule has 4 aromatic rings. The van der Waals surface area contributed by atoms with E-state index < -0.39 is 6.55 Å². The lowest BCUT2D eigenvalue weighted by Crippen LogP contribution is -2.07. The van der Waals surface area contributed by atoms with Gasteiger partial charge >= 0.3 is 6.55 Å². The van der Waals surface area contributed by atoms with Crippen LogP contribution in [-0.2, 0) is 12.4 Å². The molecule has 0 unspecified atom stereocenters. The van der Waals surface area contributed by atoms with E-state index in [1.807, 2.05) is 19.1 Å². The zero-order chi connectivity index (χ0) is 23.4. The number of benzene rings is 2. The SMILES string of the molecule is COc1ccc(OCc2nnc(SCc3nccn3C(F)F)n2-c2ccc(C)c(Cl)c2)cc1. The van der Waals surface area contributed by atoms with Crippen LogP contribution in [-0.4, -0.2) is 31.4 Å². The fourth-order valence-corrected chi connectivity index (χ4v) is 4.14. The van der Waals surface area contributed by atoms with E-state index in [4.69, 9.17) is 21.1 Å². The summed E-state index contributed by atoms with van der Waals surface area (Å²) < 4.78 is 40.0. The molecule has 4 rings (SSSR count). The topological polar surface area (TPSA) is 67.0 Å². The number of imidazole rings is 1. The summed E-state index contributed by atoms with van der Waals surface area (Å²) in [4.78, 5) is 4.03. The third-order valence-electron chi connectivity index (χ3n) is 4.83. The van der Waals surface area contributed by atoms with Gasteiger partial charge in [-0.25, -0.2) is 4.98 Å². The Morgan fingerprint density at radius 1 is 1.06 bits per heavy atom. The normalized spacial score (nSPS) is 11.2. The van der Waals surface area contributed by atoms with Gasteiger partial charge < -0.3 is 9.47 Å². The minimum atomic E-state index is -2.66. The minimum Gasteiger partial charge on any atom is -0.497 e. The molecule has 7 nitrogen and oxygen atoms in total. The van der Waals surface area contributed by atoms with Gasteiger partial charge in [0.15, 0.2) is 11.0 Å². The van der Waals surface area contributed by atoms with Crippen molar-refractivity contribution in [1.29, 1.82) is 0 Å². The van der Waals surface area contributed by atoms with Crippen molar-refractivity contribution < 1.29 is 18.3 Å². The molecule has 0 saturated carbocycles. The molecule has 2 aromatic heterocycles. The smallest absolute Gasteiger partial charge is 0.319 e. The summed E-state index contributed by atoms with van der Waals surface area (Å²) in [5.74, 6) is 2.32. The molecule has 0 atom stereocenters. The van der Waals surface area contributed by atoms with E-state index in [0.717, 1.165) is 21.6 Å². The second-order valence-corrected chi connectivity index (χ2v) is 8.30. The fourth-order valence-electron chi connectivity index (χ4n) is 3.05. The minimum absolute atomic E-state index is 0.136. The second kappa shape index (κ2) is 10.2. The molecule has 11 heteroatoms. The lowest BCUT2D eigenvalue weighted by molar-refractivity contribution is 0.0678. The van der Waals surface area contributed by atoms with Gasteiger partial charge in [0.05, 0.1) is 18.6 Å². The molecule has 0 radical (unpaired) electrons. The zero-order valence-corrected chi connectivity index (χ0v) is 19.4. The van der Waals surface area contributed by atoms with Crippen molar-refractivity contribution in [3.8, 4) is 17.2 Å². The molecular weight excluding hydrogens is 472 g/mol. The van der Waals surface area contributed by atoms with E-state index in [1.165, 1.54) is 24.2 Å². The highest BCUT2D eigenvalue weighted by atomic mass is 35.5. The van der Waals surface area contributed by atoms with E-state index in [0.29, 0.717) is 21.8 Å². The second-order valence-electron chi connectivity index (χ2n) is 6.95. The molecule has 0 amide bonds. The molecule has 2 heterocycles. The zero-order valence-electron chi connectivity index (χ0n) is 17.8. The molecule has 33 heavy (non-hydrogen) atoms. The Hall–Kier alpha value is -3.11. The largest absolute Gasteiger partial charge is 0.497 e. The van der Waals surface area contributed by atoms with Crippen molar-refractivity contribution >= 4 is 23.4 Å². The molecule has 0 aliphatic heterocycles. The first-order valence-electron chi connectivity index (χ1n) is 9.86. The van der Waals surface area contributed by atoms with Crippen LogP contribution in [0.3, 0.4) is 0 Å². The Morgan fingerprint density at radius 3 is 2.52 bits per heavy atom. The number of hydrogen-bond donors (Lipinski definition) is 0. The molecule has 2 aromatic carbocycles. The number of thioether (sulfide) groups is 1. The van der Waals surface area contributed by atoms with Crippen LogP contribution in [0.25, 0.3) is 5.69 Å². The van der Waals surface area contributed by atoms with Crippen molar-refractivity contribution in [1.82, 2.24) is 24.3 Å². The van der Waals surface area contributed by atoms with Gasteiger partial charge in [-0.1, -0.05) is 29.4 Å². The van der Waals surface area contributed by atoms with Crippen molar-refractivity contribution in [2.75, 3.05) is 7.11 Å². The van der Waals surface area contributed by atoms with Crippen molar-refractivity contribution in [2.24, 2.45) is 0 Å². The molecule has 0 saturated heterocycles. The number of aryl methyl sites for hydroxylation is 1. The number of halogens is 3. The maximum atomic E-state index is 13.2. The Balaban J connectivity index is 1.61. The number of methoxy groups -OCH3 is 1. The van der Waals surface area contributed by atoms with Crippen molar-refractivity contribution in [3.63, 3.8) is 0 Å². The van der Waals surface area contributed by atoms with E-state index in [-0.39, 0.29) is 18.2 Å². The van der Waals surface area contributed by atoms with Crippen LogP contribution in [0.1, 0.15) is 23.8 Å². The molecule has 0 aliphatic carbocycles. The summed E-state index contributed by atoms with van der Waals surface area (Å²) >= 11 is 7.60. The van der Waals surface area contributed by atoms with Crippen molar-refractivity contribution in [3.05, 3.63) is 77.1 Å². The fraction of sp³-hybridized carbons (Fsp3) is 0.227. The first-order valence-corrected chi connectivity index (χ1v) is 11.2. The van der Waals surface area contributed by atoms with Crippen LogP contribution >= 0.6 is 23.4 Å². The van der Waals surface area contributed by atoms with Crippen LogP contribution in [0.2, 0.25) is 5.02 Å². The van der Waals surface area contributed by atoms with Gasteiger partial charge in [0.1, 0.15) is 23.9 Å². The van der Waals surface area contributed by atoms with Gasteiger partial charge in [-0.3, -0.25) is 9.13 Å². The number of hydrogen-bond acceptors (Lipinski definition) is 6. The lowest BCUT2D eigenvalue weighted by Gasteiger charge is -2.13. The standard InChI is InChI=1S/C22H20ClF2N5O2S/c1-14-3-4-15(11-18(14)23)30-19(12-32-17-7-5-16(31-2)6-8-17)27-28-22(30)33-13-20-26-9-10-29(20)21(24)25/h3-11,21H,12-13H2,1-2H3. The number of nitrogens with zero attached hydrogens (tertiary/aromatic N) is 5. The molecule has 0 spiro atoms. The third-order valence-corrected chi connectivity index (χ3v) is 6.16. The molecule has 172 valence electrons. The molecule has 0 bridgehead atoms. The summed E-state index contributed by atoms with van der Waals surface area (Å²) in [5.41, 5.74) is 1.67. The average molecular weight is 492 g/mol. The van der Waals surface area contributed by atoms with Gasteiger partial charge in [0, 0.05) is 17.4 Å². The lowest BCUT2D eigenvalue weighted by atomic mass is 10.2. The van der Waals surface area contributed by atoms with Gasteiger partial charge in [0.2, 0.25) is 0 Å². The highest BCUT2D eigenvalue weighted by molar-refractivity contribution is 7.98.